The van der Waals surface area contributed by atoms with Gasteiger partial charge in [0.15, 0.2) is 10.9 Å². The third-order valence-electron chi connectivity index (χ3n) is 4.20. The van der Waals surface area contributed by atoms with Gasteiger partial charge in [0.25, 0.3) is 5.91 Å². The smallest absolute Gasteiger partial charge is 0.293 e. The zero-order chi connectivity index (χ0) is 21.1. The number of phenolic OH excluding ortho intramolecular Hbond substituents is 1. The molecule has 3 rings (SSSR count). The molecule has 2 aromatic carbocycles. The van der Waals surface area contributed by atoms with E-state index in [-0.39, 0.29) is 22.5 Å². The number of amides is 1. The van der Waals surface area contributed by atoms with Crippen molar-refractivity contribution in [1.29, 1.82) is 0 Å². The molecule has 150 valence electrons. The first-order chi connectivity index (χ1) is 13.7. The Morgan fingerprint density at radius 2 is 1.83 bits per heavy atom. The van der Waals surface area contributed by atoms with E-state index in [2.05, 4.69) is 10.6 Å². The lowest BCUT2D eigenvalue weighted by atomic mass is 10.0. The summed E-state index contributed by atoms with van der Waals surface area (Å²) in [7, 11) is 0. The quantitative estimate of drug-likeness (QED) is 0.326. The Hall–Kier alpha value is -2.54. The third-order valence-corrected chi connectivity index (χ3v) is 5.14. The number of benzene rings is 2. The van der Waals surface area contributed by atoms with Gasteiger partial charge < -0.3 is 14.8 Å². The van der Waals surface area contributed by atoms with E-state index in [1.54, 1.807) is 36.4 Å². The summed E-state index contributed by atoms with van der Waals surface area (Å²) in [4.78, 5) is 12.4. The van der Waals surface area contributed by atoms with E-state index in [0.29, 0.717) is 27.1 Å². The summed E-state index contributed by atoms with van der Waals surface area (Å²) in [6.07, 6.45) is 0. The molecule has 1 aromatic heterocycles. The normalized spacial score (nSPS) is 10.8. The fourth-order valence-corrected chi connectivity index (χ4v) is 3.10. The first-order valence-corrected chi connectivity index (χ1v) is 9.91. The summed E-state index contributed by atoms with van der Waals surface area (Å²) in [5, 5.41) is 16.2. The van der Waals surface area contributed by atoms with Crippen molar-refractivity contribution in [2.45, 2.75) is 19.8 Å². The van der Waals surface area contributed by atoms with Crippen molar-refractivity contribution in [2.75, 3.05) is 5.32 Å². The van der Waals surface area contributed by atoms with E-state index < -0.39 is 5.91 Å². The molecule has 5 nitrogen and oxygen atoms in total. The van der Waals surface area contributed by atoms with Crippen LogP contribution in [0.4, 0.5) is 5.69 Å². The van der Waals surface area contributed by atoms with E-state index in [1.807, 2.05) is 19.9 Å². The minimum atomic E-state index is -0.520. The molecule has 1 heterocycles. The maximum absolute atomic E-state index is 12.4. The molecule has 0 aliphatic carbocycles. The second-order valence-electron chi connectivity index (χ2n) is 6.63. The summed E-state index contributed by atoms with van der Waals surface area (Å²) in [5.74, 6) is 0.340. The molecule has 0 bridgehead atoms. The van der Waals surface area contributed by atoms with Crippen LogP contribution in [0.3, 0.4) is 0 Å². The second-order valence-corrected chi connectivity index (χ2v) is 7.85. The van der Waals surface area contributed by atoms with Crippen LogP contribution in [-0.4, -0.2) is 16.1 Å². The number of aromatic hydroxyl groups is 1. The van der Waals surface area contributed by atoms with Crippen LogP contribution in [0.25, 0.3) is 11.3 Å². The molecule has 0 saturated carbocycles. The van der Waals surface area contributed by atoms with Crippen molar-refractivity contribution < 1.29 is 14.3 Å². The van der Waals surface area contributed by atoms with Gasteiger partial charge in [-0.15, -0.1) is 0 Å². The lowest BCUT2D eigenvalue weighted by molar-refractivity contribution is 0.0951. The Morgan fingerprint density at radius 1 is 1.07 bits per heavy atom. The SMILES string of the molecule is CC(C)c1ccc(O)c(NC(=S)NC(=O)c2ccc(-c3ccc(Cl)c(Cl)c3)o2)c1. The predicted octanol–water partition coefficient (Wildman–Crippen LogP) is 6.21. The Bertz CT molecular complexity index is 1080. The topological polar surface area (TPSA) is 74.5 Å². The number of phenols is 1. The highest BCUT2D eigenvalue weighted by Crippen LogP contribution is 2.30. The van der Waals surface area contributed by atoms with E-state index in [4.69, 9.17) is 39.8 Å². The van der Waals surface area contributed by atoms with E-state index in [9.17, 15) is 9.90 Å². The summed E-state index contributed by atoms with van der Waals surface area (Å²) in [6.45, 7) is 4.08. The molecule has 0 aliphatic rings. The number of furan rings is 1. The van der Waals surface area contributed by atoms with Gasteiger partial charge in [0.05, 0.1) is 15.7 Å². The van der Waals surface area contributed by atoms with Gasteiger partial charge >= 0.3 is 0 Å². The number of carbonyl (C=O) groups is 1. The molecule has 3 aromatic rings. The number of hydrogen-bond acceptors (Lipinski definition) is 4. The van der Waals surface area contributed by atoms with Gasteiger partial charge in [0, 0.05) is 5.56 Å². The van der Waals surface area contributed by atoms with Crippen LogP contribution in [0.1, 0.15) is 35.9 Å². The van der Waals surface area contributed by atoms with Crippen LogP contribution in [0.5, 0.6) is 5.75 Å². The number of rotatable bonds is 4. The van der Waals surface area contributed by atoms with Crippen LogP contribution in [0, 0.1) is 0 Å². The molecular weight excluding hydrogens is 431 g/mol. The minimum absolute atomic E-state index is 0.0332. The van der Waals surface area contributed by atoms with Crippen LogP contribution in [0.2, 0.25) is 10.0 Å². The standard InChI is InChI=1S/C21H18Cl2N2O3S/c1-11(2)12-4-6-17(26)16(10-12)24-21(29)25-20(27)19-8-7-18(28-19)13-3-5-14(22)15(23)9-13/h3-11,26H,1-2H3,(H2,24,25,27,29). The van der Waals surface area contributed by atoms with Gasteiger partial charge in [-0.05, 0) is 66.2 Å². The van der Waals surface area contributed by atoms with Gasteiger partial charge in [-0.2, -0.15) is 0 Å². The largest absolute Gasteiger partial charge is 0.506 e. The summed E-state index contributed by atoms with van der Waals surface area (Å²) in [5.41, 5.74) is 2.13. The van der Waals surface area contributed by atoms with Crippen molar-refractivity contribution in [2.24, 2.45) is 0 Å². The maximum atomic E-state index is 12.4. The predicted molar refractivity (Wildman–Crippen MR) is 120 cm³/mol. The number of hydrogen-bond donors (Lipinski definition) is 3. The van der Waals surface area contributed by atoms with Gasteiger partial charge in [-0.1, -0.05) is 43.1 Å². The number of carbonyl (C=O) groups excluding carboxylic acids is 1. The number of anilines is 1. The average molecular weight is 449 g/mol. The maximum Gasteiger partial charge on any atom is 0.293 e. The molecule has 29 heavy (non-hydrogen) atoms. The molecule has 0 radical (unpaired) electrons. The second kappa shape index (κ2) is 8.86. The zero-order valence-electron chi connectivity index (χ0n) is 15.6. The highest BCUT2D eigenvalue weighted by molar-refractivity contribution is 7.80. The highest BCUT2D eigenvalue weighted by Gasteiger charge is 2.15. The lowest BCUT2D eigenvalue weighted by Crippen LogP contribution is -2.33. The summed E-state index contributed by atoms with van der Waals surface area (Å²) < 4.78 is 5.60. The summed E-state index contributed by atoms with van der Waals surface area (Å²) in [6, 6.07) is 13.4. The van der Waals surface area contributed by atoms with Crippen LogP contribution in [0.15, 0.2) is 52.9 Å². The van der Waals surface area contributed by atoms with Gasteiger partial charge in [-0.25, -0.2) is 0 Å². The fraction of sp³-hybridized carbons (Fsp3) is 0.143. The molecule has 0 aliphatic heterocycles. The van der Waals surface area contributed by atoms with Gasteiger partial charge in [0.2, 0.25) is 0 Å². The molecule has 0 spiro atoms. The minimum Gasteiger partial charge on any atom is -0.506 e. The molecule has 3 N–H and O–H groups in total. The van der Waals surface area contributed by atoms with Crippen molar-refractivity contribution in [1.82, 2.24) is 5.32 Å². The molecule has 0 saturated heterocycles. The van der Waals surface area contributed by atoms with Crippen molar-refractivity contribution in [3.63, 3.8) is 0 Å². The van der Waals surface area contributed by atoms with Crippen LogP contribution >= 0.6 is 35.4 Å². The Labute approximate surface area is 183 Å². The van der Waals surface area contributed by atoms with Crippen LogP contribution < -0.4 is 10.6 Å². The number of halogens is 2. The highest BCUT2D eigenvalue weighted by atomic mass is 35.5. The van der Waals surface area contributed by atoms with Crippen molar-refractivity contribution >= 4 is 52.1 Å². The molecule has 8 heteroatoms. The number of nitrogens with one attached hydrogen (secondary N) is 2. The van der Waals surface area contributed by atoms with Crippen LogP contribution in [-0.2, 0) is 0 Å². The van der Waals surface area contributed by atoms with Gasteiger partial charge in [-0.3, -0.25) is 10.1 Å². The van der Waals surface area contributed by atoms with E-state index in [0.717, 1.165) is 5.56 Å². The monoisotopic (exact) mass is 448 g/mol. The third kappa shape index (κ3) is 5.09. The van der Waals surface area contributed by atoms with E-state index in [1.165, 1.54) is 6.07 Å². The molecule has 0 fully saturated rings. The van der Waals surface area contributed by atoms with Crippen molar-refractivity contribution in [3.05, 3.63) is 69.9 Å². The first kappa shape index (κ1) is 21.2. The summed E-state index contributed by atoms with van der Waals surface area (Å²) >= 11 is 17.1. The fourth-order valence-electron chi connectivity index (χ4n) is 2.60. The van der Waals surface area contributed by atoms with E-state index >= 15 is 0 Å². The Morgan fingerprint density at radius 3 is 2.52 bits per heavy atom. The Balaban J connectivity index is 1.69. The lowest BCUT2D eigenvalue weighted by Gasteiger charge is -2.13. The zero-order valence-corrected chi connectivity index (χ0v) is 18.0. The molecule has 0 unspecified atom stereocenters. The van der Waals surface area contributed by atoms with Gasteiger partial charge in [0.1, 0.15) is 11.5 Å². The molecular formula is C21H18Cl2N2O3S. The molecule has 0 atom stereocenters. The average Bonchev–Trinajstić information content (AvgIpc) is 3.16. The molecule has 1 amide bonds. The van der Waals surface area contributed by atoms with Crippen molar-refractivity contribution in [3.8, 4) is 17.1 Å². The number of thiocarbonyl (C=S) groups is 1. The first-order valence-electron chi connectivity index (χ1n) is 8.75. The Kier molecular flexibility index (Phi) is 6.47.